The van der Waals surface area contributed by atoms with E-state index in [1.54, 1.807) is 0 Å². The number of primary sulfonamides is 1. The molecule has 8 nitrogen and oxygen atoms in total. The first-order valence-corrected chi connectivity index (χ1v) is 8.95. The van der Waals surface area contributed by atoms with Crippen LogP contribution in [0.1, 0.15) is 26.2 Å². The highest BCUT2D eigenvalue weighted by atomic mass is 32.2. The fraction of sp³-hybridized carbons (Fsp3) is 0.571. The Morgan fingerprint density at radius 2 is 2.04 bits per heavy atom. The maximum atomic E-state index is 11.3. The van der Waals surface area contributed by atoms with Crippen molar-refractivity contribution in [1.82, 2.24) is 0 Å². The number of ether oxygens (including phenoxy) is 1. The van der Waals surface area contributed by atoms with Crippen LogP contribution in [0.25, 0.3) is 0 Å². The van der Waals surface area contributed by atoms with E-state index in [0.29, 0.717) is 25.4 Å². The molecule has 3 N–H and O–H groups in total. The maximum Gasteiger partial charge on any atom is 0.293 e. The van der Waals surface area contributed by atoms with Gasteiger partial charge in [0.15, 0.2) is 0 Å². The minimum absolute atomic E-state index is 0.0325. The molecule has 0 saturated carbocycles. The quantitative estimate of drug-likeness (QED) is 0.600. The van der Waals surface area contributed by atoms with Gasteiger partial charge in [0.1, 0.15) is 5.69 Å². The van der Waals surface area contributed by atoms with Gasteiger partial charge in [-0.25, -0.2) is 13.6 Å². The summed E-state index contributed by atoms with van der Waals surface area (Å²) in [5, 5.41) is 19.3. The topological polar surface area (TPSA) is 125 Å². The molecule has 128 valence electrons. The third-order valence-electron chi connectivity index (χ3n) is 4.45. The lowest BCUT2D eigenvalue weighted by atomic mass is 9.78. The lowest BCUT2D eigenvalue weighted by Crippen LogP contribution is -2.35. The Morgan fingerprint density at radius 1 is 1.39 bits per heavy atom. The number of rotatable bonds is 6. The van der Waals surface area contributed by atoms with Crippen LogP contribution in [-0.2, 0) is 14.8 Å². The van der Waals surface area contributed by atoms with E-state index >= 15 is 0 Å². The lowest BCUT2D eigenvalue weighted by molar-refractivity contribution is -0.384. The number of benzene rings is 1. The largest absolute Gasteiger partial charge is 0.381 e. The Kier molecular flexibility index (Phi) is 5.23. The van der Waals surface area contributed by atoms with Crippen molar-refractivity contribution in [2.45, 2.75) is 31.1 Å². The summed E-state index contributed by atoms with van der Waals surface area (Å²) in [5.41, 5.74) is 0.0293. The Labute approximate surface area is 135 Å². The van der Waals surface area contributed by atoms with E-state index in [4.69, 9.17) is 9.88 Å². The third-order valence-corrected chi connectivity index (χ3v) is 5.36. The van der Waals surface area contributed by atoms with E-state index in [0.717, 1.165) is 25.3 Å². The van der Waals surface area contributed by atoms with Gasteiger partial charge in [-0.05, 0) is 36.8 Å². The van der Waals surface area contributed by atoms with E-state index in [9.17, 15) is 18.5 Å². The van der Waals surface area contributed by atoms with Crippen LogP contribution in [0.5, 0.6) is 0 Å². The molecular formula is C14H21N3O5S. The van der Waals surface area contributed by atoms with Crippen molar-refractivity contribution in [2.75, 3.05) is 25.1 Å². The van der Waals surface area contributed by atoms with Crippen molar-refractivity contribution < 1.29 is 18.1 Å². The molecule has 2 rings (SSSR count). The van der Waals surface area contributed by atoms with Crippen molar-refractivity contribution in [3.8, 4) is 0 Å². The molecule has 0 aliphatic carbocycles. The van der Waals surface area contributed by atoms with Crippen LogP contribution in [0.4, 0.5) is 11.4 Å². The predicted octanol–water partition coefficient (Wildman–Crippen LogP) is 1.86. The van der Waals surface area contributed by atoms with Gasteiger partial charge in [-0.1, -0.05) is 6.92 Å². The second-order valence-electron chi connectivity index (χ2n) is 5.80. The second kappa shape index (κ2) is 6.81. The van der Waals surface area contributed by atoms with Crippen LogP contribution in [-0.4, -0.2) is 33.1 Å². The van der Waals surface area contributed by atoms with Gasteiger partial charge in [-0.2, -0.15) is 0 Å². The molecule has 0 atom stereocenters. The summed E-state index contributed by atoms with van der Waals surface area (Å²) in [5.74, 6) is 0. The molecule has 0 bridgehead atoms. The van der Waals surface area contributed by atoms with Crippen LogP contribution in [0.2, 0.25) is 0 Å². The molecule has 1 fully saturated rings. The minimum Gasteiger partial charge on any atom is -0.381 e. The van der Waals surface area contributed by atoms with Crippen LogP contribution in [0.3, 0.4) is 0 Å². The summed E-state index contributed by atoms with van der Waals surface area (Å²) in [6.07, 6.45) is 2.71. The average molecular weight is 343 g/mol. The van der Waals surface area contributed by atoms with Crippen molar-refractivity contribution in [3.63, 3.8) is 0 Å². The normalized spacial score (nSPS) is 17.7. The summed E-state index contributed by atoms with van der Waals surface area (Å²) < 4.78 is 28.1. The number of nitrogens with two attached hydrogens (primary N) is 1. The monoisotopic (exact) mass is 343 g/mol. The van der Waals surface area contributed by atoms with Gasteiger partial charge in [-0.3, -0.25) is 10.1 Å². The number of nitro benzene ring substituents is 1. The Balaban J connectivity index is 2.24. The zero-order valence-corrected chi connectivity index (χ0v) is 13.8. The van der Waals surface area contributed by atoms with E-state index in [2.05, 4.69) is 12.2 Å². The summed E-state index contributed by atoms with van der Waals surface area (Å²) in [7, 11) is -3.98. The van der Waals surface area contributed by atoms with Gasteiger partial charge in [0.2, 0.25) is 10.0 Å². The van der Waals surface area contributed by atoms with E-state index in [-0.39, 0.29) is 16.0 Å². The molecule has 9 heteroatoms. The first-order valence-electron chi connectivity index (χ1n) is 7.40. The highest BCUT2D eigenvalue weighted by Gasteiger charge is 2.31. The van der Waals surface area contributed by atoms with Crippen LogP contribution in [0, 0.1) is 15.5 Å². The van der Waals surface area contributed by atoms with Gasteiger partial charge in [0, 0.05) is 25.8 Å². The molecule has 0 radical (unpaired) electrons. The lowest BCUT2D eigenvalue weighted by Gasteiger charge is -2.36. The van der Waals surface area contributed by atoms with Crippen molar-refractivity contribution in [1.29, 1.82) is 0 Å². The number of nitrogens with zero attached hydrogens (tertiary/aromatic N) is 1. The molecule has 0 unspecified atom stereocenters. The number of anilines is 1. The third kappa shape index (κ3) is 4.18. The molecule has 1 aromatic rings. The van der Waals surface area contributed by atoms with Gasteiger partial charge in [0.05, 0.1) is 9.82 Å². The number of hydrogen-bond acceptors (Lipinski definition) is 6. The SMILES string of the molecule is CCC1(CNc2ccc(S(N)(=O)=O)cc2[N+](=O)[O-])CCOCC1. The average Bonchev–Trinajstić information content (AvgIpc) is 2.52. The maximum absolute atomic E-state index is 11.3. The summed E-state index contributed by atoms with van der Waals surface area (Å²) >= 11 is 0. The Morgan fingerprint density at radius 3 is 2.57 bits per heavy atom. The van der Waals surface area contributed by atoms with E-state index in [1.807, 2.05) is 0 Å². The minimum atomic E-state index is -3.98. The zero-order valence-electron chi connectivity index (χ0n) is 12.9. The number of hydrogen-bond donors (Lipinski definition) is 2. The van der Waals surface area contributed by atoms with Crippen LogP contribution < -0.4 is 10.5 Å². The molecule has 0 spiro atoms. The Bertz CT molecular complexity index is 684. The number of sulfonamides is 1. The summed E-state index contributed by atoms with van der Waals surface area (Å²) in [6, 6.07) is 3.65. The number of nitro groups is 1. The zero-order chi connectivity index (χ0) is 17.1. The molecule has 0 aromatic heterocycles. The highest BCUT2D eigenvalue weighted by Crippen LogP contribution is 2.35. The fourth-order valence-corrected chi connectivity index (χ4v) is 3.27. The molecule has 1 aliphatic heterocycles. The molecule has 23 heavy (non-hydrogen) atoms. The van der Waals surface area contributed by atoms with Gasteiger partial charge >= 0.3 is 0 Å². The van der Waals surface area contributed by atoms with Gasteiger partial charge in [-0.15, -0.1) is 0 Å². The molecule has 1 heterocycles. The first-order chi connectivity index (χ1) is 10.8. The van der Waals surface area contributed by atoms with E-state index < -0.39 is 14.9 Å². The summed E-state index contributed by atoms with van der Waals surface area (Å²) in [4.78, 5) is 10.3. The predicted molar refractivity (Wildman–Crippen MR) is 85.7 cm³/mol. The fourth-order valence-electron chi connectivity index (χ4n) is 2.73. The van der Waals surface area contributed by atoms with Crippen molar-refractivity contribution >= 4 is 21.4 Å². The smallest absolute Gasteiger partial charge is 0.293 e. The van der Waals surface area contributed by atoms with E-state index in [1.165, 1.54) is 12.1 Å². The van der Waals surface area contributed by atoms with Crippen molar-refractivity contribution in [2.24, 2.45) is 10.6 Å². The summed E-state index contributed by atoms with van der Waals surface area (Å²) in [6.45, 7) is 4.03. The van der Waals surface area contributed by atoms with Gasteiger partial charge < -0.3 is 10.1 Å². The van der Waals surface area contributed by atoms with Crippen molar-refractivity contribution in [3.05, 3.63) is 28.3 Å². The van der Waals surface area contributed by atoms with Gasteiger partial charge in [0.25, 0.3) is 5.69 Å². The highest BCUT2D eigenvalue weighted by molar-refractivity contribution is 7.89. The Hall–Kier alpha value is -1.71. The molecular weight excluding hydrogens is 322 g/mol. The van der Waals surface area contributed by atoms with Crippen LogP contribution >= 0.6 is 0 Å². The molecule has 1 aliphatic rings. The molecule has 1 aromatic carbocycles. The standard InChI is InChI=1S/C14H21N3O5S/c1-2-14(5-7-22-8-6-14)10-16-12-4-3-11(23(15,20)21)9-13(12)17(18)19/h3-4,9,16H,2,5-8,10H2,1H3,(H2,15,20,21). The first kappa shape index (κ1) is 17.6. The number of nitrogens with one attached hydrogen (secondary N) is 1. The molecule has 0 amide bonds. The second-order valence-corrected chi connectivity index (χ2v) is 7.36. The molecule has 1 saturated heterocycles. The van der Waals surface area contributed by atoms with Crippen LogP contribution in [0.15, 0.2) is 23.1 Å².